The van der Waals surface area contributed by atoms with Gasteiger partial charge in [0.15, 0.2) is 0 Å². The third-order valence-electron chi connectivity index (χ3n) is 1.70. The van der Waals surface area contributed by atoms with Crippen LogP contribution in [-0.2, 0) is 4.74 Å². The molecular formula is C9H18O2. The van der Waals surface area contributed by atoms with E-state index in [4.69, 9.17) is 4.74 Å². The van der Waals surface area contributed by atoms with Crippen molar-refractivity contribution in [3.63, 3.8) is 0 Å². The Labute approximate surface area is 68.9 Å². The van der Waals surface area contributed by atoms with Crippen LogP contribution in [0.5, 0.6) is 0 Å². The Bertz CT molecular complexity index is 102. The molecule has 0 saturated carbocycles. The van der Waals surface area contributed by atoms with E-state index in [1.807, 2.05) is 13.0 Å². The molecule has 0 saturated heterocycles. The number of allylic oxidation sites excluding steroid dienone is 1. The van der Waals surface area contributed by atoms with Crippen molar-refractivity contribution in [1.29, 1.82) is 0 Å². The molecule has 0 aromatic rings. The van der Waals surface area contributed by atoms with Crippen LogP contribution in [0.25, 0.3) is 0 Å². The summed E-state index contributed by atoms with van der Waals surface area (Å²) in [6, 6.07) is 0. The summed E-state index contributed by atoms with van der Waals surface area (Å²) in [5, 5.41) is 9.35. The summed E-state index contributed by atoms with van der Waals surface area (Å²) in [7, 11) is 1.64. The van der Waals surface area contributed by atoms with E-state index < -0.39 is 0 Å². The standard InChI is InChI=1S/C9H18O2/c1-4-8(2)7-9(10)5-6-11-3/h4,8-10H,1,5-7H2,2-3H3/t8-,9+/m0/s1. The first kappa shape index (κ1) is 10.7. The van der Waals surface area contributed by atoms with Gasteiger partial charge in [-0.1, -0.05) is 13.0 Å². The van der Waals surface area contributed by atoms with E-state index in [2.05, 4.69) is 6.58 Å². The molecule has 2 atom stereocenters. The fourth-order valence-electron chi connectivity index (χ4n) is 0.897. The van der Waals surface area contributed by atoms with E-state index in [0.717, 1.165) is 6.42 Å². The maximum absolute atomic E-state index is 9.35. The minimum Gasteiger partial charge on any atom is -0.393 e. The molecule has 0 heterocycles. The second-order valence-corrected chi connectivity index (χ2v) is 2.88. The van der Waals surface area contributed by atoms with Gasteiger partial charge in [-0.3, -0.25) is 0 Å². The van der Waals surface area contributed by atoms with Gasteiger partial charge in [0.2, 0.25) is 0 Å². The highest BCUT2D eigenvalue weighted by atomic mass is 16.5. The fraction of sp³-hybridized carbons (Fsp3) is 0.778. The maximum atomic E-state index is 9.35. The summed E-state index contributed by atoms with van der Waals surface area (Å²) < 4.78 is 4.84. The zero-order valence-electron chi connectivity index (χ0n) is 7.42. The molecule has 0 aliphatic carbocycles. The summed E-state index contributed by atoms with van der Waals surface area (Å²) in [6.45, 7) is 6.33. The molecular weight excluding hydrogens is 140 g/mol. The van der Waals surface area contributed by atoms with E-state index in [0.29, 0.717) is 18.9 Å². The van der Waals surface area contributed by atoms with Gasteiger partial charge in [0.1, 0.15) is 0 Å². The van der Waals surface area contributed by atoms with Crippen LogP contribution in [0.2, 0.25) is 0 Å². The lowest BCUT2D eigenvalue weighted by molar-refractivity contribution is 0.0975. The Kier molecular flexibility index (Phi) is 6.18. The van der Waals surface area contributed by atoms with Crippen molar-refractivity contribution in [2.75, 3.05) is 13.7 Å². The van der Waals surface area contributed by atoms with Crippen molar-refractivity contribution in [3.8, 4) is 0 Å². The van der Waals surface area contributed by atoms with Gasteiger partial charge in [0, 0.05) is 13.7 Å². The fourth-order valence-corrected chi connectivity index (χ4v) is 0.897. The zero-order valence-corrected chi connectivity index (χ0v) is 7.42. The highest BCUT2D eigenvalue weighted by molar-refractivity contribution is 4.77. The van der Waals surface area contributed by atoms with Gasteiger partial charge in [0.25, 0.3) is 0 Å². The first-order chi connectivity index (χ1) is 5.20. The number of rotatable bonds is 6. The Morgan fingerprint density at radius 3 is 2.73 bits per heavy atom. The van der Waals surface area contributed by atoms with E-state index in [1.165, 1.54) is 0 Å². The van der Waals surface area contributed by atoms with Gasteiger partial charge in [-0.25, -0.2) is 0 Å². The highest BCUT2D eigenvalue weighted by Gasteiger charge is 2.06. The molecule has 0 rings (SSSR count). The van der Waals surface area contributed by atoms with Crippen LogP contribution in [0.1, 0.15) is 19.8 Å². The Hall–Kier alpha value is -0.340. The average molecular weight is 158 g/mol. The molecule has 0 spiro atoms. The molecule has 11 heavy (non-hydrogen) atoms. The number of aliphatic hydroxyl groups excluding tert-OH is 1. The number of hydrogen-bond donors (Lipinski definition) is 1. The molecule has 0 aromatic carbocycles. The van der Waals surface area contributed by atoms with Crippen molar-refractivity contribution >= 4 is 0 Å². The molecule has 0 unspecified atom stereocenters. The van der Waals surface area contributed by atoms with Crippen molar-refractivity contribution < 1.29 is 9.84 Å². The summed E-state index contributed by atoms with van der Waals surface area (Å²) in [5.74, 6) is 0.391. The molecule has 0 aliphatic rings. The van der Waals surface area contributed by atoms with Crippen LogP contribution >= 0.6 is 0 Å². The molecule has 2 nitrogen and oxygen atoms in total. The topological polar surface area (TPSA) is 29.5 Å². The predicted molar refractivity (Wildman–Crippen MR) is 46.5 cm³/mol. The lowest BCUT2D eigenvalue weighted by atomic mass is 10.0. The number of ether oxygens (including phenoxy) is 1. The third-order valence-corrected chi connectivity index (χ3v) is 1.70. The Morgan fingerprint density at radius 2 is 2.27 bits per heavy atom. The van der Waals surface area contributed by atoms with Gasteiger partial charge >= 0.3 is 0 Å². The smallest absolute Gasteiger partial charge is 0.0567 e. The van der Waals surface area contributed by atoms with Crippen molar-refractivity contribution in [2.45, 2.75) is 25.9 Å². The summed E-state index contributed by atoms with van der Waals surface area (Å²) in [5.41, 5.74) is 0. The lowest BCUT2D eigenvalue weighted by Crippen LogP contribution is -2.12. The van der Waals surface area contributed by atoms with Crippen LogP contribution < -0.4 is 0 Å². The van der Waals surface area contributed by atoms with Gasteiger partial charge in [-0.2, -0.15) is 0 Å². The molecule has 0 amide bonds. The third kappa shape index (κ3) is 6.07. The van der Waals surface area contributed by atoms with Gasteiger partial charge in [-0.15, -0.1) is 6.58 Å². The van der Waals surface area contributed by atoms with Crippen molar-refractivity contribution in [3.05, 3.63) is 12.7 Å². The number of aliphatic hydroxyl groups is 1. The van der Waals surface area contributed by atoms with Crippen molar-refractivity contribution in [1.82, 2.24) is 0 Å². The lowest BCUT2D eigenvalue weighted by Gasteiger charge is -2.12. The first-order valence-corrected chi connectivity index (χ1v) is 4.00. The SMILES string of the molecule is C=C[C@H](C)C[C@H](O)CCOC. The minimum absolute atomic E-state index is 0.247. The quantitative estimate of drug-likeness (QED) is 0.595. The van der Waals surface area contributed by atoms with E-state index in [-0.39, 0.29) is 6.10 Å². The van der Waals surface area contributed by atoms with E-state index in [9.17, 15) is 5.11 Å². The molecule has 0 aliphatic heterocycles. The number of hydrogen-bond acceptors (Lipinski definition) is 2. The summed E-state index contributed by atoms with van der Waals surface area (Å²) >= 11 is 0. The van der Waals surface area contributed by atoms with Crippen LogP contribution in [0, 0.1) is 5.92 Å². The molecule has 2 heteroatoms. The molecule has 0 fully saturated rings. The van der Waals surface area contributed by atoms with Crippen LogP contribution in [0.3, 0.4) is 0 Å². The van der Waals surface area contributed by atoms with E-state index >= 15 is 0 Å². The molecule has 66 valence electrons. The van der Waals surface area contributed by atoms with Crippen LogP contribution in [-0.4, -0.2) is 24.9 Å². The normalized spacial score (nSPS) is 15.9. The van der Waals surface area contributed by atoms with Crippen molar-refractivity contribution in [2.24, 2.45) is 5.92 Å². The summed E-state index contributed by atoms with van der Waals surface area (Å²) in [4.78, 5) is 0. The Balaban J connectivity index is 3.34. The first-order valence-electron chi connectivity index (χ1n) is 4.00. The highest BCUT2D eigenvalue weighted by Crippen LogP contribution is 2.08. The zero-order chi connectivity index (χ0) is 8.69. The van der Waals surface area contributed by atoms with Crippen LogP contribution in [0.4, 0.5) is 0 Å². The van der Waals surface area contributed by atoms with Gasteiger partial charge in [0.05, 0.1) is 6.10 Å². The molecule has 0 radical (unpaired) electrons. The maximum Gasteiger partial charge on any atom is 0.0567 e. The molecule has 0 aromatic heterocycles. The monoisotopic (exact) mass is 158 g/mol. The molecule has 0 bridgehead atoms. The minimum atomic E-state index is -0.247. The molecule has 1 N–H and O–H groups in total. The van der Waals surface area contributed by atoms with E-state index in [1.54, 1.807) is 7.11 Å². The average Bonchev–Trinajstić information content (AvgIpc) is 2.00. The van der Waals surface area contributed by atoms with Crippen LogP contribution in [0.15, 0.2) is 12.7 Å². The largest absolute Gasteiger partial charge is 0.393 e. The van der Waals surface area contributed by atoms with Gasteiger partial charge < -0.3 is 9.84 Å². The number of methoxy groups -OCH3 is 1. The van der Waals surface area contributed by atoms with Gasteiger partial charge in [-0.05, 0) is 18.8 Å². The second kappa shape index (κ2) is 6.38. The Morgan fingerprint density at radius 1 is 1.64 bits per heavy atom. The second-order valence-electron chi connectivity index (χ2n) is 2.88. The summed E-state index contributed by atoms with van der Waals surface area (Å²) in [6.07, 6.45) is 3.11. The predicted octanol–water partition coefficient (Wildman–Crippen LogP) is 1.60.